The second kappa shape index (κ2) is 4.78. The van der Waals surface area contributed by atoms with E-state index in [1.165, 1.54) is 0 Å². The first-order valence-electron chi connectivity index (χ1n) is 5.43. The van der Waals surface area contributed by atoms with Gasteiger partial charge in [0.25, 0.3) is 0 Å². The number of hydrogen-bond acceptors (Lipinski definition) is 4. The minimum Gasteiger partial charge on any atom is -0.504 e. The summed E-state index contributed by atoms with van der Waals surface area (Å²) in [5, 5.41) is 13.7. The summed E-state index contributed by atoms with van der Waals surface area (Å²) in [5.74, 6) is 1.06. The molecule has 17 heavy (non-hydrogen) atoms. The molecule has 1 aromatic heterocycles. The van der Waals surface area contributed by atoms with Crippen LogP contribution >= 0.6 is 0 Å². The number of nitrogens with zero attached hydrogens (tertiary/aromatic N) is 2. The van der Waals surface area contributed by atoms with E-state index in [0.29, 0.717) is 18.2 Å². The van der Waals surface area contributed by atoms with Crippen LogP contribution in [0.25, 0.3) is 0 Å². The first-order valence-corrected chi connectivity index (χ1v) is 5.43. The maximum absolute atomic E-state index is 9.55. The first-order chi connectivity index (χ1) is 8.20. The van der Waals surface area contributed by atoms with Crippen LogP contribution in [0.2, 0.25) is 0 Å². The van der Waals surface area contributed by atoms with Crippen LogP contribution in [-0.2, 0) is 13.2 Å². The van der Waals surface area contributed by atoms with E-state index in [0.717, 1.165) is 12.2 Å². The summed E-state index contributed by atoms with van der Waals surface area (Å²) in [7, 11) is 0. The Morgan fingerprint density at radius 1 is 1.41 bits per heavy atom. The molecule has 2 rings (SSSR count). The van der Waals surface area contributed by atoms with Crippen molar-refractivity contribution >= 4 is 5.82 Å². The molecule has 0 spiro atoms. The Labute approximate surface area is 99.4 Å². The lowest BCUT2D eigenvalue weighted by Crippen LogP contribution is -2.06. The van der Waals surface area contributed by atoms with Gasteiger partial charge in [-0.2, -0.15) is 5.10 Å². The van der Waals surface area contributed by atoms with E-state index in [1.807, 2.05) is 6.92 Å². The zero-order valence-corrected chi connectivity index (χ0v) is 9.63. The van der Waals surface area contributed by atoms with E-state index in [9.17, 15) is 5.11 Å². The Hall–Kier alpha value is -2.17. The number of ether oxygens (including phenoxy) is 1. The monoisotopic (exact) mass is 233 g/mol. The Morgan fingerprint density at radius 3 is 2.88 bits per heavy atom. The first kappa shape index (κ1) is 11.3. The average molecular weight is 233 g/mol. The van der Waals surface area contributed by atoms with Gasteiger partial charge in [0.05, 0.1) is 5.69 Å². The van der Waals surface area contributed by atoms with Gasteiger partial charge >= 0.3 is 0 Å². The molecule has 0 unspecified atom stereocenters. The van der Waals surface area contributed by atoms with E-state index < -0.39 is 0 Å². The molecule has 0 aliphatic rings. The number of aromatic nitrogens is 2. The smallest absolute Gasteiger partial charge is 0.161 e. The fraction of sp³-hybridized carbons (Fsp3) is 0.250. The van der Waals surface area contributed by atoms with Crippen molar-refractivity contribution in [2.24, 2.45) is 0 Å². The molecule has 0 atom stereocenters. The molecule has 0 saturated heterocycles. The summed E-state index contributed by atoms with van der Waals surface area (Å²) in [6, 6.07) is 8.62. The van der Waals surface area contributed by atoms with Crippen LogP contribution in [0, 0.1) is 0 Å². The summed E-state index contributed by atoms with van der Waals surface area (Å²) < 4.78 is 7.29. The molecule has 5 nitrogen and oxygen atoms in total. The van der Waals surface area contributed by atoms with Crippen molar-refractivity contribution in [2.75, 3.05) is 5.73 Å². The standard InChI is InChI=1S/C12H15N3O2/c1-2-15-9(7-12(13)14-15)8-17-11-6-4-3-5-10(11)16/h3-7,16H,2,8H2,1H3,(H2,13,14). The number of benzene rings is 1. The number of anilines is 1. The van der Waals surface area contributed by atoms with Crippen molar-refractivity contribution in [3.63, 3.8) is 0 Å². The van der Waals surface area contributed by atoms with Crippen molar-refractivity contribution in [1.29, 1.82) is 0 Å². The van der Waals surface area contributed by atoms with Crippen LogP contribution in [0.1, 0.15) is 12.6 Å². The van der Waals surface area contributed by atoms with Crippen molar-refractivity contribution in [3.8, 4) is 11.5 Å². The molecular formula is C12H15N3O2. The Balaban J connectivity index is 2.09. The lowest BCUT2D eigenvalue weighted by atomic mass is 10.3. The Morgan fingerprint density at radius 2 is 2.18 bits per heavy atom. The van der Waals surface area contributed by atoms with E-state index in [2.05, 4.69) is 5.10 Å². The topological polar surface area (TPSA) is 73.3 Å². The van der Waals surface area contributed by atoms with Crippen molar-refractivity contribution in [2.45, 2.75) is 20.1 Å². The minimum absolute atomic E-state index is 0.128. The molecule has 0 aliphatic carbocycles. The molecule has 1 heterocycles. The van der Waals surface area contributed by atoms with Crippen molar-refractivity contribution in [1.82, 2.24) is 9.78 Å². The number of aryl methyl sites for hydroxylation is 1. The molecule has 90 valence electrons. The van der Waals surface area contributed by atoms with Gasteiger partial charge in [0.15, 0.2) is 11.5 Å². The zero-order chi connectivity index (χ0) is 12.3. The number of hydrogen-bond donors (Lipinski definition) is 2. The zero-order valence-electron chi connectivity index (χ0n) is 9.63. The number of nitrogen functional groups attached to an aromatic ring is 1. The number of aromatic hydroxyl groups is 1. The number of phenolic OH excluding ortho intramolecular Hbond substituents is 1. The highest BCUT2D eigenvalue weighted by Crippen LogP contribution is 2.25. The average Bonchev–Trinajstić information content (AvgIpc) is 2.69. The van der Waals surface area contributed by atoms with Crippen molar-refractivity contribution < 1.29 is 9.84 Å². The Kier molecular flexibility index (Phi) is 3.18. The van der Waals surface area contributed by atoms with Gasteiger partial charge in [-0.3, -0.25) is 4.68 Å². The number of rotatable bonds is 4. The highest BCUT2D eigenvalue weighted by molar-refractivity contribution is 5.38. The highest BCUT2D eigenvalue weighted by atomic mass is 16.5. The van der Waals surface area contributed by atoms with Gasteiger partial charge in [0.2, 0.25) is 0 Å². The SMILES string of the molecule is CCn1nc(N)cc1COc1ccccc1O. The maximum atomic E-state index is 9.55. The summed E-state index contributed by atoms with van der Waals surface area (Å²) in [6.07, 6.45) is 0. The second-order valence-electron chi connectivity index (χ2n) is 3.63. The van der Waals surface area contributed by atoms with E-state index in [-0.39, 0.29) is 5.75 Å². The molecular weight excluding hydrogens is 218 g/mol. The van der Waals surface area contributed by atoms with Gasteiger partial charge in [-0.15, -0.1) is 0 Å². The quantitative estimate of drug-likeness (QED) is 0.844. The summed E-state index contributed by atoms with van der Waals surface area (Å²) in [4.78, 5) is 0. The molecule has 2 aromatic rings. The Bertz CT molecular complexity index is 508. The molecule has 0 bridgehead atoms. The van der Waals surface area contributed by atoms with Crippen LogP contribution < -0.4 is 10.5 Å². The van der Waals surface area contributed by atoms with Crippen LogP contribution in [0.3, 0.4) is 0 Å². The number of nitrogens with two attached hydrogens (primary N) is 1. The van der Waals surface area contributed by atoms with Crippen LogP contribution in [0.15, 0.2) is 30.3 Å². The molecule has 5 heteroatoms. The van der Waals surface area contributed by atoms with Gasteiger partial charge in [0.1, 0.15) is 12.4 Å². The van der Waals surface area contributed by atoms with E-state index >= 15 is 0 Å². The lowest BCUT2D eigenvalue weighted by molar-refractivity contribution is 0.277. The number of para-hydroxylation sites is 2. The molecule has 0 aliphatic heterocycles. The molecule has 0 fully saturated rings. The fourth-order valence-corrected chi connectivity index (χ4v) is 1.60. The third kappa shape index (κ3) is 2.50. The van der Waals surface area contributed by atoms with Crippen LogP contribution in [-0.4, -0.2) is 14.9 Å². The molecule has 0 amide bonds. The molecule has 1 aromatic carbocycles. The van der Waals surface area contributed by atoms with Gasteiger partial charge in [-0.05, 0) is 19.1 Å². The summed E-state index contributed by atoms with van der Waals surface area (Å²) in [5.41, 5.74) is 6.50. The van der Waals surface area contributed by atoms with Gasteiger partial charge in [-0.1, -0.05) is 12.1 Å². The third-order valence-corrected chi connectivity index (χ3v) is 2.42. The third-order valence-electron chi connectivity index (χ3n) is 2.42. The fourth-order valence-electron chi connectivity index (χ4n) is 1.60. The number of phenols is 1. The lowest BCUT2D eigenvalue weighted by Gasteiger charge is -2.08. The maximum Gasteiger partial charge on any atom is 0.161 e. The predicted octanol–water partition coefficient (Wildman–Crippen LogP) is 1.77. The van der Waals surface area contributed by atoms with Crippen molar-refractivity contribution in [3.05, 3.63) is 36.0 Å². The second-order valence-corrected chi connectivity index (χ2v) is 3.63. The summed E-state index contributed by atoms with van der Waals surface area (Å²) in [6.45, 7) is 3.04. The molecule has 3 N–H and O–H groups in total. The van der Waals surface area contributed by atoms with Crippen LogP contribution in [0.5, 0.6) is 11.5 Å². The highest BCUT2D eigenvalue weighted by Gasteiger charge is 2.06. The van der Waals surface area contributed by atoms with Gasteiger partial charge < -0.3 is 15.6 Å². The van der Waals surface area contributed by atoms with Gasteiger partial charge in [-0.25, -0.2) is 0 Å². The van der Waals surface area contributed by atoms with Crippen LogP contribution in [0.4, 0.5) is 5.82 Å². The normalized spacial score (nSPS) is 10.4. The largest absolute Gasteiger partial charge is 0.504 e. The van der Waals surface area contributed by atoms with E-state index in [1.54, 1.807) is 35.0 Å². The molecule has 0 saturated carbocycles. The van der Waals surface area contributed by atoms with Gasteiger partial charge in [0, 0.05) is 12.6 Å². The summed E-state index contributed by atoms with van der Waals surface area (Å²) >= 11 is 0. The predicted molar refractivity (Wildman–Crippen MR) is 64.8 cm³/mol. The minimum atomic E-state index is 0.128. The molecule has 0 radical (unpaired) electrons. The van der Waals surface area contributed by atoms with E-state index in [4.69, 9.17) is 10.5 Å².